The lowest BCUT2D eigenvalue weighted by Crippen LogP contribution is -2.26. The van der Waals surface area contributed by atoms with Crippen LogP contribution in [0.15, 0.2) is 24.3 Å². The average Bonchev–Trinajstić information content (AvgIpc) is 2.39. The first-order chi connectivity index (χ1) is 8.54. The van der Waals surface area contributed by atoms with E-state index >= 15 is 0 Å². The number of ether oxygens (including phenoxy) is 1. The van der Waals surface area contributed by atoms with Crippen LogP contribution in [-0.4, -0.2) is 12.4 Å². The van der Waals surface area contributed by atoms with E-state index in [-0.39, 0.29) is 5.41 Å². The number of ketones is 1. The molecule has 1 unspecified atom stereocenters. The lowest BCUT2D eigenvalue weighted by atomic mass is 9.78. The number of carbonyl (C=O) groups is 1. The maximum atomic E-state index is 12.3. The lowest BCUT2D eigenvalue weighted by molar-refractivity contribution is -0.127. The molecule has 1 atom stereocenters. The highest BCUT2D eigenvalue weighted by Crippen LogP contribution is 2.37. The summed E-state index contributed by atoms with van der Waals surface area (Å²) in [5.74, 6) is 1.65. The van der Waals surface area contributed by atoms with Crippen molar-refractivity contribution in [2.24, 2.45) is 5.41 Å². The molecule has 0 radical (unpaired) electrons. The second kappa shape index (κ2) is 5.13. The molecule has 0 fully saturated rings. The molecule has 0 amide bonds. The van der Waals surface area contributed by atoms with E-state index in [4.69, 9.17) is 4.74 Å². The first-order valence-corrected chi connectivity index (χ1v) is 6.79. The van der Waals surface area contributed by atoms with Crippen molar-refractivity contribution in [3.8, 4) is 5.75 Å². The lowest BCUT2D eigenvalue weighted by Gasteiger charge is -2.28. The van der Waals surface area contributed by atoms with Gasteiger partial charge in [-0.05, 0) is 30.4 Å². The minimum absolute atomic E-state index is 0.201. The SMILES string of the molecule is CCC(C)(C)C(=O)CC1CCOc2ccccc21. The topological polar surface area (TPSA) is 26.3 Å². The Morgan fingerprint density at radius 3 is 2.83 bits per heavy atom. The third kappa shape index (κ3) is 2.58. The quantitative estimate of drug-likeness (QED) is 0.804. The zero-order chi connectivity index (χ0) is 13.2. The smallest absolute Gasteiger partial charge is 0.139 e. The minimum Gasteiger partial charge on any atom is -0.493 e. The summed E-state index contributed by atoms with van der Waals surface area (Å²) < 4.78 is 5.64. The van der Waals surface area contributed by atoms with E-state index in [2.05, 4.69) is 13.0 Å². The van der Waals surface area contributed by atoms with Crippen LogP contribution < -0.4 is 4.74 Å². The van der Waals surface area contributed by atoms with E-state index in [1.807, 2.05) is 32.0 Å². The van der Waals surface area contributed by atoms with Gasteiger partial charge in [-0.2, -0.15) is 0 Å². The summed E-state index contributed by atoms with van der Waals surface area (Å²) in [7, 11) is 0. The molecule has 0 saturated heterocycles. The van der Waals surface area contributed by atoms with Gasteiger partial charge < -0.3 is 4.74 Å². The molecule has 1 aromatic carbocycles. The zero-order valence-corrected chi connectivity index (χ0v) is 11.5. The minimum atomic E-state index is -0.201. The van der Waals surface area contributed by atoms with Crippen LogP contribution in [0.25, 0.3) is 0 Å². The fourth-order valence-electron chi connectivity index (χ4n) is 2.33. The predicted molar refractivity (Wildman–Crippen MR) is 73.0 cm³/mol. The van der Waals surface area contributed by atoms with Crippen molar-refractivity contribution >= 4 is 5.78 Å². The molecule has 0 N–H and O–H groups in total. The third-order valence-electron chi connectivity index (χ3n) is 4.15. The number of carbonyl (C=O) groups excluding carboxylic acids is 1. The molecular weight excluding hydrogens is 224 g/mol. The van der Waals surface area contributed by atoms with Crippen molar-refractivity contribution in [1.29, 1.82) is 0 Å². The van der Waals surface area contributed by atoms with E-state index in [1.165, 1.54) is 5.56 Å². The number of hydrogen-bond acceptors (Lipinski definition) is 2. The van der Waals surface area contributed by atoms with Gasteiger partial charge in [0.2, 0.25) is 0 Å². The largest absolute Gasteiger partial charge is 0.493 e. The summed E-state index contributed by atoms with van der Waals surface area (Å²) in [5.41, 5.74) is 0.997. The van der Waals surface area contributed by atoms with Crippen molar-refractivity contribution in [2.75, 3.05) is 6.61 Å². The van der Waals surface area contributed by atoms with Crippen LogP contribution >= 0.6 is 0 Å². The van der Waals surface area contributed by atoms with E-state index < -0.39 is 0 Å². The second-order valence-electron chi connectivity index (χ2n) is 5.74. The van der Waals surface area contributed by atoms with Crippen LogP contribution in [-0.2, 0) is 4.79 Å². The van der Waals surface area contributed by atoms with E-state index in [1.54, 1.807) is 0 Å². The van der Waals surface area contributed by atoms with Crippen molar-refractivity contribution < 1.29 is 9.53 Å². The van der Waals surface area contributed by atoms with E-state index in [0.29, 0.717) is 18.1 Å². The number of Topliss-reactive ketones (excluding diaryl/α,β-unsaturated/α-hetero) is 1. The summed E-state index contributed by atoms with van der Waals surface area (Å²) in [5, 5.41) is 0. The highest BCUT2D eigenvalue weighted by Gasteiger charge is 2.30. The Hall–Kier alpha value is -1.31. The summed E-state index contributed by atoms with van der Waals surface area (Å²) in [4.78, 5) is 12.3. The van der Waals surface area contributed by atoms with Crippen LogP contribution in [0.5, 0.6) is 5.75 Å². The Labute approximate surface area is 109 Å². The van der Waals surface area contributed by atoms with Gasteiger partial charge >= 0.3 is 0 Å². The standard InChI is InChI=1S/C16H22O2/c1-4-16(2,3)15(17)11-12-9-10-18-14-8-6-5-7-13(12)14/h5-8,12H,4,9-11H2,1-3H3. The van der Waals surface area contributed by atoms with Crippen molar-refractivity contribution in [1.82, 2.24) is 0 Å². The van der Waals surface area contributed by atoms with Gasteiger partial charge in [0.15, 0.2) is 0 Å². The molecule has 0 aromatic heterocycles. The summed E-state index contributed by atoms with van der Waals surface area (Å²) in [6.07, 6.45) is 2.49. The van der Waals surface area contributed by atoms with Crippen LogP contribution in [0, 0.1) is 5.41 Å². The summed E-state index contributed by atoms with van der Waals surface area (Å²) in [6.45, 7) is 6.89. The molecule has 0 bridgehead atoms. The Morgan fingerprint density at radius 1 is 1.39 bits per heavy atom. The predicted octanol–water partition coefficient (Wildman–Crippen LogP) is 3.95. The molecular formula is C16H22O2. The molecule has 1 aliphatic heterocycles. The van der Waals surface area contributed by atoms with Gasteiger partial charge in [-0.25, -0.2) is 0 Å². The molecule has 1 aliphatic rings. The summed E-state index contributed by atoms with van der Waals surface area (Å²) >= 11 is 0. The fourth-order valence-corrected chi connectivity index (χ4v) is 2.33. The highest BCUT2D eigenvalue weighted by molar-refractivity contribution is 5.84. The van der Waals surface area contributed by atoms with Crippen molar-refractivity contribution in [3.63, 3.8) is 0 Å². The Morgan fingerprint density at radius 2 is 2.11 bits per heavy atom. The van der Waals surface area contributed by atoms with Gasteiger partial charge in [0.25, 0.3) is 0 Å². The Kier molecular flexibility index (Phi) is 3.74. The fraction of sp³-hybridized carbons (Fsp3) is 0.562. The molecule has 1 heterocycles. The van der Waals surface area contributed by atoms with Crippen LogP contribution in [0.1, 0.15) is 51.5 Å². The van der Waals surface area contributed by atoms with E-state index in [9.17, 15) is 4.79 Å². The molecule has 0 saturated carbocycles. The molecule has 0 spiro atoms. The average molecular weight is 246 g/mol. The van der Waals surface area contributed by atoms with Gasteiger partial charge in [0.05, 0.1) is 6.61 Å². The van der Waals surface area contributed by atoms with E-state index in [0.717, 1.165) is 25.2 Å². The molecule has 1 aromatic rings. The van der Waals surface area contributed by atoms with Gasteiger partial charge in [0, 0.05) is 11.8 Å². The van der Waals surface area contributed by atoms with Gasteiger partial charge in [0.1, 0.15) is 11.5 Å². The number of rotatable bonds is 4. The number of para-hydroxylation sites is 1. The number of fused-ring (bicyclic) bond motifs is 1. The van der Waals surface area contributed by atoms with Gasteiger partial charge in [-0.3, -0.25) is 4.79 Å². The third-order valence-corrected chi connectivity index (χ3v) is 4.15. The van der Waals surface area contributed by atoms with Crippen molar-refractivity contribution in [2.45, 2.75) is 46.0 Å². The maximum Gasteiger partial charge on any atom is 0.139 e. The first kappa shape index (κ1) is 13.1. The van der Waals surface area contributed by atoms with Crippen LogP contribution in [0.2, 0.25) is 0 Å². The monoisotopic (exact) mass is 246 g/mol. The highest BCUT2D eigenvalue weighted by atomic mass is 16.5. The Balaban J connectivity index is 2.15. The van der Waals surface area contributed by atoms with Gasteiger partial charge in [-0.1, -0.05) is 39.0 Å². The molecule has 0 aliphatic carbocycles. The first-order valence-electron chi connectivity index (χ1n) is 6.79. The number of benzene rings is 1. The molecule has 18 heavy (non-hydrogen) atoms. The molecule has 98 valence electrons. The second-order valence-corrected chi connectivity index (χ2v) is 5.74. The van der Waals surface area contributed by atoms with Crippen LogP contribution in [0.4, 0.5) is 0 Å². The van der Waals surface area contributed by atoms with Crippen LogP contribution in [0.3, 0.4) is 0 Å². The Bertz CT molecular complexity index is 434. The van der Waals surface area contributed by atoms with Gasteiger partial charge in [-0.15, -0.1) is 0 Å². The molecule has 2 nitrogen and oxygen atoms in total. The van der Waals surface area contributed by atoms with Crippen molar-refractivity contribution in [3.05, 3.63) is 29.8 Å². The maximum absolute atomic E-state index is 12.3. The zero-order valence-electron chi connectivity index (χ0n) is 11.5. The normalized spacial score (nSPS) is 18.9. The summed E-state index contributed by atoms with van der Waals surface area (Å²) in [6, 6.07) is 8.09. The number of hydrogen-bond donors (Lipinski definition) is 0. The molecule has 2 heteroatoms. The molecule has 2 rings (SSSR count).